The van der Waals surface area contributed by atoms with Gasteiger partial charge in [0.25, 0.3) is 11.8 Å². The molecule has 0 unspecified atom stereocenters. The summed E-state index contributed by atoms with van der Waals surface area (Å²) < 4.78 is 0. The minimum atomic E-state index is -0.778. The van der Waals surface area contributed by atoms with E-state index in [4.69, 9.17) is 4.84 Å². The highest BCUT2D eigenvalue weighted by molar-refractivity contribution is 6.02. The second kappa shape index (κ2) is 17.3. The fourth-order valence-electron chi connectivity index (χ4n) is 7.77. The van der Waals surface area contributed by atoms with Crippen LogP contribution in [0, 0.1) is 5.92 Å². The highest BCUT2D eigenvalue weighted by Gasteiger charge is 2.36. The molecule has 0 spiro atoms. The van der Waals surface area contributed by atoms with Crippen LogP contribution in [0.1, 0.15) is 78.7 Å². The molecule has 54 heavy (non-hydrogen) atoms. The van der Waals surface area contributed by atoms with Crippen molar-refractivity contribution < 1.29 is 34.2 Å². The Morgan fingerprint density at radius 1 is 0.907 bits per heavy atom. The van der Waals surface area contributed by atoms with Crippen LogP contribution in [-0.4, -0.2) is 105 Å². The summed E-state index contributed by atoms with van der Waals surface area (Å²) in [6, 6.07) is 24.5. The Labute approximate surface area is 317 Å². The summed E-state index contributed by atoms with van der Waals surface area (Å²) in [5.74, 6) is -1.85. The highest BCUT2D eigenvalue weighted by atomic mass is 16.7. The van der Waals surface area contributed by atoms with E-state index in [-0.39, 0.29) is 36.3 Å². The van der Waals surface area contributed by atoms with E-state index in [1.165, 1.54) is 5.56 Å². The topological polar surface area (TPSA) is 152 Å². The van der Waals surface area contributed by atoms with Crippen molar-refractivity contribution in [1.29, 1.82) is 0 Å². The Balaban J connectivity index is 1.09. The molecule has 1 aliphatic carbocycles. The Bertz CT molecular complexity index is 1760. The van der Waals surface area contributed by atoms with E-state index in [1.54, 1.807) is 24.3 Å². The number of carbonyl (C=O) groups excluding carboxylic acids is 4. The number of nitrogens with one attached hydrogen (secondary N) is 2. The molecule has 12 nitrogen and oxygen atoms in total. The average molecular weight is 740 g/mol. The molecule has 3 aromatic carbocycles. The number of hydroxylamine groups is 2. The first-order valence-corrected chi connectivity index (χ1v) is 19.0. The number of β-amino-alcohol motifs (C(OH)–C–C–N with tert-alkyl or cyclic N) is 1. The maximum Gasteiger partial charge on any atom is 0.363 e. The van der Waals surface area contributed by atoms with Crippen molar-refractivity contribution in [1.82, 2.24) is 25.5 Å². The molecule has 288 valence electrons. The third-order valence-corrected chi connectivity index (χ3v) is 10.4. The van der Waals surface area contributed by atoms with E-state index < -0.39 is 41.6 Å². The van der Waals surface area contributed by atoms with Crippen LogP contribution in [0.25, 0.3) is 0 Å². The van der Waals surface area contributed by atoms with Crippen LogP contribution in [0.3, 0.4) is 0 Å². The molecule has 2 fully saturated rings. The average Bonchev–Trinajstić information content (AvgIpc) is 3.63. The van der Waals surface area contributed by atoms with Crippen LogP contribution in [0.5, 0.6) is 0 Å². The van der Waals surface area contributed by atoms with Gasteiger partial charge in [-0.3, -0.25) is 24.2 Å². The van der Waals surface area contributed by atoms with Gasteiger partial charge in [-0.2, -0.15) is 0 Å². The SMILES string of the molecule is CC(C)(C)NC(=O)[C@@H]1CN(Cc2ccc(C(=O)ON3C(=O)CCC3=O)cc2)CCN1C[C@@H](O)C[C@H](CN[C@H]1c2ccccc2C[C@H]1O)Cc1ccccc1. The lowest BCUT2D eigenvalue weighted by Crippen LogP contribution is -2.61. The summed E-state index contributed by atoms with van der Waals surface area (Å²) in [7, 11) is 0. The Kier molecular flexibility index (Phi) is 12.6. The van der Waals surface area contributed by atoms with E-state index in [0.717, 1.165) is 23.1 Å². The zero-order valence-electron chi connectivity index (χ0n) is 31.4. The van der Waals surface area contributed by atoms with Crippen LogP contribution >= 0.6 is 0 Å². The molecular weight excluding hydrogens is 686 g/mol. The summed E-state index contributed by atoms with van der Waals surface area (Å²) in [5, 5.41) is 29.8. The Morgan fingerprint density at radius 2 is 1.59 bits per heavy atom. The first kappa shape index (κ1) is 39.2. The third-order valence-electron chi connectivity index (χ3n) is 10.4. The van der Waals surface area contributed by atoms with Crippen molar-refractivity contribution in [2.75, 3.05) is 32.7 Å². The van der Waals surface area contributed by atoms with Gasteiger partial charge in [0.2, 0.25) is 5.91 Å². The highest BCUT2D eigenvalue weighted by Crippen LogP contribution is 2.32. The molecule has 0 aromatic heterocycles. The number of fused-ring (bicyclic) bond motifs is 1. The van der Waals surface area contributed by atoms with Gasteiger partial charge in [-0.05, 0) is 80.5 Å². The summed E-state index contributed by atoms with van der Waals surface area (Å²) in [5.41, 5.74) is 4.18. The quantitative estimate of drug-likeness (QED) is 0.182. The second-order valence-corrected chi connectivity index (χ2v) is 15.9. The van der Waals surface area contributed by atoms with Crippen molar-refractivity contribution in [3.05, 3.63) is 107 Å². The fourth-order valence-corrected chi connectivity index (χ4v) is 7.77. The molecule has 4 N–H and O–H groups in total. The number of hydrogen-bond donors (Lipinski definition) is 4. The molecule has 12 heteroatoms. The van der Waals surface area contributed by atoms with Gasteiger partial charge >= 0.3 is 5.97 Å². The molecule has 0 radical (unpaired) electrons. The minimum Gasteiger partial charge on any atom is -0.392 e. The monoisotopic (exact) mass is 739 g/mol. The number of benzene rings is 3. The van der Waals surface area contributed by atoms with Gasteiger partial charge in [0.1, 0.15) is 6.04 Å². The molecular formula is C42H53N5O7. The predicted molar refractivity (Wildman–Crippen MR) is 203 cm³/mol. The lowest BCUT2D eigenvalue weighted by molar-refractivity contribution is -0.172. The number of imide groups is 1. The number of rotatable bonds is 14. The van der Waals surface area contributed by atoms with Crippen LogP contribution in [-0.2, 0) is 38.6 Å². The Hall–Kier alpha value is -4.46. The van der Waals surface area contributed by atoms with Gasteiger partial charge in [-0.1, -0.05) is 66.7 Å². The van der Waals surface area contributed by atoms with Gasteiger partial charge in [-0.25, -0.2) is 4.79 Å². The Morgan fingerprint density at radius 3 is 2.30 bits per heavy atom. The van der Waals surface area contributed by atoms with E-state index in [9.17, 15) is 29.4 Å². The molecule has 3 aromatic rings. The first-order chi connectivity index (χ1) is 25.8. The van der Waals surface area contributed by atoms with Gasteiger partial charge in [-0.15, -0.1) is 5.06 Å². The normalized spacial score (nSPS) is 21.9. The van der Waals surface area contributed by atoms with Gasteiger partial charge in [0.15, 0.2) is 0 Å². The van der Waals surface area contributed by atoms with Crippen molar-refractivity contribution in [2.24, 2.45) is 5.92 Å². The molecule has 2 saturated heterocycles. The number of aliphatic hydroxyl groups is 2. The van der Waals surface area contributed by atoms with Crippen molar-refractivity contribution in [3.63, 3.8) is 0 Å². The molecule has 3 amide bonds. The summed E-state index contributed by atoms with van der Waals surface area (Å²) in [4.78, 5) is 59.4. The van der Waals surface area contributed by atoms with Gasteiger partial charge in [0, 0.05) is 57.5 Å². The largest absolute Gasteiger partial charge is 0.392 e. The number of hydrogen-bond acceptors (Lipinski definition) is 10. The maximum absolute atomic E-state index is 13.8. The molecule has 3 aliphatic rings. The number of piperazine rings is 1. The van der Waals surface area contributed by atoms with E-state index in [2.05, 4.69) is 44.7 Å². The number of carbonyl (C=O) groups is 4. The summed E-state index contributed by atoms with van der Waals surface area (Å²) in [6.45, 7) is 9.05. The molecule has 6 rings (SSSR count). The summed E-state index contributed by atoms with van der Waals surface area (Å²) >= 11 is 0. The lowest BCUT2D eigenvalue weighted by atomic mass is 9.92. The van der Waals surface area contributed by atoms with Crippen molar-refractivity contribution in [2.45, 2.75) is 89.3 Å². The van der Waals surface area contributed by atoms with E-state index >= 15 is 0 Å². The minimum absolute atomic E-state index is 0.0281. The number of amides is 3. The number of aliphatic hydroxyl groups excluding tert-OH is 2. The van der Waals surface area contributed by atoms with Crippen LogP contribution in [0.15, 0.2) is 78.9 Å². The zero-order chi connectivity index (χ0) is 38.4. The van der Waals surface area contributed by atoms with E-state index in [1.807, 2.05) is 51.1 Å². The maximum atomic E-state index is 13.8. The first-order valence-electron chi connectivity index (χ1n) is 19.0. The molecule has 5 atom stereocenters. The van der Waals surface area contributed by atoms with Crippen LogP contribution in [0.4, 0.5) is 0 Å². The predicted octanol–water partition coefficient (Wildman–Crippen LogP) is 3.17. The molecule has 0 bridgehead atoms. The van der Waals surface area contributed by atoms with Gasteiger partial charge in [0.05, 0.1) is 23.8 Å². The van der Waals surface area contributed by atoms with E-state index in [0.29, 0.717) is 57.2 Å². The lowest BCUT2D eigenvalue weighted by Gasteiger charge is -2.42. The molecule has 2 aliphatic heterocycles. The molecule has 2 heterocycles. The number of nitrogens with zero attached hydrogens (tertiary/aromatic N) is 3. The van der Waals surface area contributed by atoms with Crippen LogP contribution < -0.4 is 10.6 Å². The van der Waals surface area contributed by atoms with Crippen LogP contribution in [0.2, 0.25) is 0 Å². The standard InChI is InChI=1S/C42H53N5O7/c1-42(2,3)44-40(52)35-27-45(25-29-13-15-31(16-14-29)41(53)54-47-37(50)17-18-38(47)51)19-20-46(35)26-33(48)22-30(21-28-9-5-4-6-10-28)24-43-39-34-12-8-7-11-32(34)23-36(39)49/h4-16,30,33,35-36,39,43,48-49H,17-27H2,1-3H3,(H,44,52)/t30-,33+,35+,36-,39+/m1/s1. The van der Waals surface area contributed by atoms with Crippen molar-refractivity contribution in [3.8, 4) is 0 Å². The third kappa shape index (κ3) is 10.2. The zero-order valence-corrected chi connectivity index (χ0v) is 31.4. The van der Waals surface area contributed by atoms with Crippen molar-refractivity contribution >= 4 is 23.7 Å². The van der Waals surface area contributed by atoms with Gasteiger partial charge < -0.3 is 25.7 Å². The second-order valence-electron chi connectivity index (χ2n) is 15.9. The fraction of sp³-hybridized carbons (Fsp3) is 0.476. The smallest absolute Gasteiger partial charge is 0.363 e. The molecule has 0 saturated carbocycles. The summed E-state index contributed by atoms with van der Waals surface area (Å²) in [6.07, 6.45) is 0.777.